The molecule has 3 rings (SSSR count). The Hall–Kier alpha value is -5.60. The second-order valence-corrected chi connectivity index (χ2v) is 10.9. The molecule has 0 aromatic heterocycles. The Morgan fingerprint density at radius 1 is 0.787 bits per heavy atom. The average Bonchev–Trinajstić information content (AvgIpc) is 3.36. The van der Waals surface area contributed by atoms with Crippen LogP contribution in [0.25, 0.3) is 0 Å². The monoisotopic (exact) mass is 652 g/mol. The van der Waals surface area contributed by atoms with Crippen LogP contribution < -0.4 is 16.0 Å². The maximum Gasteiger partial charge on any atom is 0.408 e. The minimum Gasteiger partial charge on any atom is -0.445 e. The summed E-state index contributed by atoms with van der Waals surface area (Å²) in [4.78, 5) is 105. The maximum absolute atomic E-state index is 13.4. The summed E-state index contributed by atoms with van der Waals surface area (Å²) >= 11 is 0. The van der Waals surface area contributed by atoms with E-state index in [4.69, 9.17) is 14.3 Å². The normalized spacial score (nSPS) is 14.4. The van der Waals surface area contributed by atoms with Crippen LogP contribution in [0.4, 0.5) is 4.79 Å². The molecule has 1 fully saturated rings. The minimum absolute atomic E-state index is 0.107. The third-order valence-corrected chi connectivity index (χ3v) is 6.82. The zero-order valence-corrected chi connectivity index (χ0v) is 26.1. The number of nitrogens with one attached hydrogen (secondary N) is 3. The molecule has 0 spiro atoms. The smallest absolute Gasteiger partial charge is 0.408 e. The SMILES string of the molecule is CC(C)[C@H](NC(=O)[C@H](CCC(=O)ON1C(=O)CCC1=O)NC(=O)OCc1ccccc1)C(=O)N[C@@H](C)C(=O)OC(=O)c1ccccc1. The first-order valence-electron chi connectivity index (χ1n) is 14.8. The van der Waals surface area contributed by atoms with Crippen molar-refractivity contribution in [2.45, 2.75) is 71.2 Å². The topological polar surface area (TPSA) is 204 Å². The minimum atomic E-state index is -1.43. The van der Waals surface area contributed by atoms with Gasteiger partial charge in [0, 0.05) is 12.8 Å². The molecule has 3 N–H and O–H groups in total. The number of amides is 5. The van der Waals surface area contributed by atoms with Crippen LogP contribution in [0.2, 0.25) is 0 Å². The van der Waals surface area contributed by atoms with Crippen LogP contribution in [-0.4, -0.2) is 70.8 Å². The van der Waals surface area contributed by atoms with Gasteiger partial charge in [0.1, 0.15) is 24.7 Å². The van der Waals surface area contributed by atoms with E-state index < -0.39 is 78.1 Å². The molecule has 2 aromatic rings. The molecule has 3 atom stereocenters. The molecule has 0 unspecified atom stereocenters. The summed E-state index contributed by atoms with van der Waals surface area (Å²) in [5, 5.41) is 7.63. The van der Waals surface area contributed by atoms with Crippen molar-refractivity contribution in [2.24, 2.45) is 5.92 Å². The van der Waals surface area contributed by atoms with Gasteiger partial charge in [0.15, 0.2) is 0 Å². The number of carbonyl (C=O) groups is 8. The van der Waals surface area contributed by atoms with Crippen molar-refractivity contribution >= 4 is 47.6 Å². The molecule has 15 nitrogen and oxygen atoms in total. The highest BCUT2D eigenvalue weighted by Gasteiger charge is 2.34. The van der Waals surface area contributed by atoms with Gasteiger partial charge >= 0.3 is 24.0 Å². The average molecular weight is 653 g/mol. The van der Waals surface area contributed by atoms with Gasteiger partial charge < -0.3 is 30.3 Å². The van der Waals surface area contributed by atoms with E-state index >= 15 is 0 Å². The Bertz CT molecular complexity index is 1460. The maximum atomic E-state index is 13.4. The van der Waals surface area contributed by atoms with Crippen LogP contribution in [0.5, 0.6) is 0 Å². The van der Waals surface area contributed by atoms with Gasteiger partial charge in [-0.15, -0.1) is 5.06 Å². The zero-order chi connectivity index (χ0) is 34.5. The molecule has 0 radical (unpaired) electrons. The molecule has 1 aliphatic rings. The van der Waals surface area contributed by atoms with Crippen molar-refractivity contribution in [3.8, 4) is 0 Å². The number of esters is 2. The first kappa shape index (κ1) is 35.9. The van der Waals surface area contributed by atoms with Gasteiger partial charge in [-0.3, -0.25) is 19.2 Å². The Balaban J connectivity index is 1.64. The zero-order valence-electron chi connectivity index (χ0n) is 26.1. The molecule has 250 valence electrons. The fourth-order valence-electron chi connectivity index (χ4n) is 4.21. The predicted octanol–water partition coefficient (Wildman–Crippen LogP) is 1.70. The van der Waals surface area contributed by atoms with E-state index in [-0.39, 0.29) is 31.4 Å². The second-order valence-electron chi connectivity index (χ2n) is 10.9. The summed E-state index contributed by atoms with van der Waals surface area (Å²) in [6.45, 7) is 4.40. The van der Waals surface area contributed by atoms with E-state index in [9.17, 15) is 38.4 Å². The first-order chi connectivity index (χ1) is 22.3. The largest absolute Gasteiger partial charge is 0.445 e. The lowest BCUT2D eigenvalue weighted by Gasteiger charge is -2.26. The summed E-state index contributed by atoms with van der Waals surface area (Å²) < 4.78 is 10.0. The molecule has 1 heterocycles. The highest BCUT2D eigenvalue weighted by atomic mass is 16.7. The number of hydroxylamine groups is 2. The van der Waals surface area contributed by atoms with Crippen molar-refractivity contribution in [2.75, 3.05) is 0 Å². The summed E-state index contributed by atoms with van der Waals surface area (Å²) in [5.41, 5.74) is 0.803. The number of rotatable bonds is 14. The Morgan fingerprint density at radius 2 is 1.38 bits per heavy atom. The molecule has 1 aliphatic heterocycles. The lowest BCUT2D eigenvalue weighted by molar-refractivity contribution is -0.197. The Morgan fingerprint density at radius 3 is 1.98 bits per heavy atom. The number of hydrogen-bond acceptors (Lipinski definition) is 11. The standard InChI is InChI=1S/C32H36N4O11/c1-19(2)27(29(41)33-20(3)30(42)46-31(43)22-12-8-5-9-13-22)35-28(40)23(34-32(44)45-18-21-10-6-4-7-11-21)14-17-26(39)47-36-24(37)15-16-25(36)38/h4-13,19-20,23,27H,14-18H2,1-3H3,(H,33,41)(H,34,44)(H,35,40)/t20-,23-,27-/m0/s1. The van der Waals surface area contributed by atoms with Crippen LogP contribution in [0.15, 0.2) is 60.7 Å². The summed E-state index contributed by atoms with van der Waals surface area (Å²) in [7, 11) is 0. The molecule has 2 aromatic carbocycles. The van der Waals surface area contributed by atoms with E-state index in [2.05, 4.69) is 16.0 Å². The number of benzene rings is 2. The van der Waals surface area contributed by atoms with Gasteiger partial charge in [0.25, 0.3) is 11.8 Å². The van der Waals surface area contributed by atoms with Crippen LogP contribution in [0.3, 0.4) is 0 Å². The van der Waals surface area contributed by atoms with E-state index in [1.165, 1.54) is 19.1 Å². The van der Waals surface area contributed by atoms with Gasteiger partial charge in [-0.1, -0.05) is 62.4 Å². The highest BCUT2D eigenvalue weighted by Crippen LogP contribution is 2.14. The van der Waals surface area contributed by atoms with Crippen molar-refractivity contribution in [1.82, 2.24) is 21.0 Å². The fourth-order valence-corrected chi connectivity index (χ4v) is 4.21. The van der Waals surface area contributed by atoms with Gasteiger partial charge in [-0.2, -0.15) is 0 Å². The Kier molecular flexibility index (Phi) is 13.1. The van der Waals surface area contributed by atoms with Gasteiger partial charge in [-0.25, -0.2) is 19.2 Å². The summed E-state index contributed by atoms with van der Waals surface area (Å²) in [6.07, 6.45) is -2.09. The fraction of sp³-hybridized carbons (Fsp3) is 0.375. The second kappa shape index (κ2) is 17.2. The number of hydrogen-bond donors (Lipinski definition) is 3. The molecule has 15 heteroatoms. The quantitative estimate of drug-likeness (QED) is 0.152. The molecule has 0 saturated carbocycles. The number of ether oxygens (including phenoxy) is 2. The number of alkyl carbamates (subject to hydrolysis) is 1. The van der Waals surface area contributed by atoms with Gasteiger partial charge in [0.05, 0.1) is 12.0 Å². The van der Waals surface area contributed by atoms with E-state index in [0.29, 0.717) is 10.6 Å². The van der Waals surface area contributed by atoms with Crippen LogP contribution in [0.1, 0.15) is 62.4 Å². The lowest BCUT2D eigenvalue weighted by Crippen LogP contribution is -2.57. The van der Waals surface area contributed by atoms with E-state index in [0.717, 1.165) is 0 Å². The van der Waals surface area contributed by atoms with E-state index in [1.807, 2.05) is 0 Å². The molecule has 47 heavy (non-hydrogen) atoms. The molecular weight excluding hydrogens is 616 g/mol. The highest BCUT2D eigenvalue weighted by molar-refractivity contribution is 6.02. The van der Waals surface area contributed by atoms with Crippen LogP contribution in [0, 0.1) is 5.92 Å². The third kappa shape index (κ3) is 11.1. The van der Waals surface area contributed by atoms with Crippen molar-refractivity contribution in [1.29, 1.82) is 0 Å². The Labute approximate surface area is 270 Å². The summed E-state index contributed by atoms with van der Waals surface area (Å²) in [5.74, 6) is -6.53. The number of nitrogens with zero attached hydrogens (tertiary/aromatic N) is 1. The molecule has 1 saturated heterocycles. The van der Waals surface area contributed by atoms with E-state index in [1.54, 1.807) is 62.4 Å². The third-order valence-electron chi connectivity index (χ3n) is 6.82. The molecular formula is C32H36N4O11. The first-order valence-corrected chi connectivity index (χ1v) is 14.8. The van der Waals surface area contributed by atoms with Gasteiger partial charge in [-0.05, 0) is 37.0 Å². The number of imide groups is 1. The predicted molar refractivity (Wildman–Crippen MR) is 161 cm³/mol. The molecule has 0 bridgehead atoms. The van der Waals surface area contributed by atoms with Crippen molar-refractivity contribution < 1.29 is 52.7 Å². The van der Waals surface area contributed by atoms with Crippen LogP contribution in [-0.2, 0) is 49.7 Å². The lowest BCUT2D eigenvalue weighted by atomic mass is 10.0. The van der Waals surface area contributed by atoms with Crippen molar-refractivity contribution in [3.05, 3.63) is 71.8 Å². The van der Waals surface area contributed by atoms with Crippen molar-refractivity contribution in [3.63, 3.8) is 0 Å². The number of carbonyl (C=O) groups excluding carboxylic acids is 8. The van der Waals surface area contributed by atoms with Gasteiger partial charge in [0.2, 0.25) is 11.8 Å². The molecule has 0 aliphatic carbocycles. The summed E-state index contributed by atoms with van der Waals surface area (Å²) in [6, 6.07) is 12.5. The van der Waals surface area contributed by atoms with Crippen LogP contribution >= 0.6 is 0 Å². The molecule has 5 amide bonds.